The second-order valence-corrected chi connectivity index (χ2v) is 11.1. The van der Waals surface area contributed by atoms with Crippen molar-refractivity contribution in [2.24, 2.45) is 0 Å². The third kappa shape index (κ3) is 4.10. The monoisotopic (exact) mass is 535 g/mol. The van der Waals surface area contributed by atoms with Crippen molar-refractivity contribution in [3.05, 3.63) is 163 Å². The van der Waals surface area contributed by atoms with Crippen LogP contribution < -0.4 is 0 Å². The standard InChI is InChI=1S/C41H29N/c1-28-14-16-29(17-15-28)30-18-20-31(21-19-30)33-22-24-40-38(26-33)39-27-34(37-13-7-9-32-8-5-6-12-36(32)37)23-25-41(39)42(40)35-10-3-2-4-11-35/h2-27H,1H3. The number of aryl methyl sites for hydroxylation is 1. The van der Waals surface area contributed by atoms with Crippen LogP contribution in [0.4, 0.5) is 0 Å². The molecule has 0 aliphatic carbocycles. The molecule has 198 valence electrons. The average molecular weight is 536 g/mol. The molecule has 0 saturated heterocycles. The molecule has 1 aromatic heterocycles. The van der Waals surface area contributed by atoms with Gasteiger partial charge in [0, 0.05) is 16.5 Å². The Morgan fingerprint density at radius 3 is 1.62 bits per heavy atom. The lowest BCUT2D eigenvalue weighted by Crippen LogP contribution is -1.93. The Morgan fingerprint density at radius 1 is 0.381 bits per heavy atom. The van der Waals surface area contributed by atoms with E-state index < -0.39 is 0 Å². The van der Waals surface area contributed by atoms with Crippen molar-refractivity contribution >= 4 is 32.6 Å². The third-order valence-corrected chi connectivity index (χ3v) is 8.48. The van der Waals surface area contributed by atoms with Crippen molar-refractivity contribution < 1.29 is 0 Å². The molecule has 0 atom stereocenters. The predicted molar refractivity (Wildman–Crippen MR) is 179 cm³/mol. The topological polar surface area (TPSA) is 4.93 Å². The van der Waals surface area contributed by atoms with Gasteiger partial charge >= 0.3 is 0 Å². The van der Waals surface area contributed by atoms with E-state index in [2.05, 4.69) is 169 Å². The highest BCUT2D eigenvalue weighted by atomic mass is 15.0. The van der Waals surface area contributed by atoms with Crippen molar-refractivity contribution in [2.75, 3.05) is 0 Å². The van der Waals surface area contributed by atoms with E-state index in [1.807, 2.05) is 0 Å². The molecule has 0 bridgehead atoms. The molecule has 0 radical (unpaired) electrons. The maximum Gasteiger partial charge on any atom is 0.0541 e. The van der Waals surface area contributed by atoms with Crippen molar-refractivity contribution in [1.29, 1.82) is 0 Å². The lowest BCUT2D eigenvalue weighted by Gasteiger charge is -2.09. The van der Waals surface area contributed by atoms with Gasteiger partial charge < -0.3 is 4.57 Å². The Hall–Kier alpha value is -5.40. The first-order valence-corrected chi connectivity index (χ1v) is 14.5. The fourth-order valence-corrected chi connectivity index (χ4v) is 6.30. The van der Waals surface area contributed by atoms with Gasteiger partial charge in [0.15, 0.2) is 0 Å². The molecule has 1 nitrogen and oxygen atoms in total. The molecule has 7 aromatic carbocycles. The molecule has 0 saturated carbocycles. The minimum Gasteiger partial charge on any atom is -0.309 e. The second-order valence-electron chi connectivity index (χ2n) is 11.1. The number of fused-ring (bicyclic) bond motifs is 4. The highest BCUT2D eigenvalue weighted by Crippen LogP contribution is 2.38. The van der Waals surface area contributed by atoms with Gasteiger partial charge in [-0.3, -0.25) is 0 Å². The normalized spacial score (nSPS) is 11.5. The molecule has 8 aromatic rings. The van der Waals surface area contributed by atoms with E-state index in [1.165, 1.54) is 77.2 Å². The summed E-state index contributed by atoms with van der Waals surface area (Å²) in [5.41, 5.74) is 12.3. The first-order valence-electron chi connectivity index (χ1n) is 14.5. The van der Waals surface area contributed by atoms with Crippen molar-refractivity contribution in [2.45, 2.75) is 6.92 Å². The van der Waals surface area contributed by atoms with Gasteiger partial charge in [-0.2, -0.15) is 0 Å². The van der Waals surface area contributed by atoms with Gasteiger partial charge in [-0.05, 0) is 87.5 Å². The number of nitrogens with zero attached hydrogens (tertiary/aromatic N) is 1. The van der Waals surface area contributed by atoms with E-state index in [0.717, 1.165) is 0 Å². The van der Waals surface area contributed by atoms with E-state index >= 15 is 0 Å². The molecule has 0 unspecified atom stereocenters. The Morgan fingerprint density at radius 2 is 0.905 bits per heavy atom. The second kappa shape index (κ2) is 9.90. The smallest absolute Gasteiger partial charge is 0.0541 e. The SMILES string of the molecule is Cc1ccc(-c2ccc(-c3ccc4c(c3)c3cc(-c5cccc6ccccc56)ccc3n4-c3ccccc3)cc2)cc1. The van der Waals surface area contributed by atoms with E-state index in [1.54, 1.807) is 0 Å². The highest BCUT2D eigenvalue weighted by Gasteiger charge is 2.15. The summed E-state index contributed by atoms with van der Waals surface area (Å²) in [5, 5.41) is 5.06. The molecule has 0 aliphatic rings. The van der Waals surface area contributed by atoms with Crippen LogP contribution in [-0.2, 0) is 0 Å². The van der Waals surface area contributed by atoms with Gasteiger partial charge in [-0.1, -0.05) is 127 Å². The molecule has 0 aliphatic heterocycles. The summed E-state index contributed by atoms with van der Waals surface area (Å²) in [6.07, 6.45) is 0. The van der Waals surface area contributed by atoms with E-state index in [-0.39, 0.29) is 0 Å². The van der Waals surface area contributed by atoms with Crippen LogP contribution in [-0.4, -0.2) is 4.57 Å². The van der Waals surface area contributed by atoms with Gasteiger partial charge in [0.25, 0.3) is 0 Å². The number of aromatic nitrogens is 1. The zero-order valence-corrected chi connectivity index (χ0v) is 23.5. The van der Waals surface area contributed by atoms with E-state index in [9.17, 15) is 0 Å². The van der Waals surface area contributed by atoms with Crippen LogP contribution in [0.25, 0.3) is 71.6 Å². The zero-order chi connectivity index (χ0) is 28.0. The highest BCUT2D eigenvalue weighted by molar-refractivity contribution is 6.12. The van der Waals surface area contributed by atoms with Crippen LogP contribution in [0.3, 0.4) is 0 Å². The van der Waals surface area contributed by atoms with Crippen molar-refractivity contribution in [1.82, 2.24) is 4.57 Å². The molecule has 0 fully saturated rings. The number of benzene rings is 7. The van der Waals surface area contributed by atoms with E-state index in [0.29, 0.717) is 0 Å². The summed E-state index contributed by atoms with van der Waals surface area (Å²) in [4.78, 5) is 0. The van der Waals surface area contributed by atoms with Crippen molar-refractivity contribution in [3.63, 3.8) is 0 Å². The minimum atomic E-state index is 1.17. The van der Waals surface area contributed by atoms with Gasteiger partial charge in [-0.15, -0.1) is 0 Å². The Kier molecular flexibility index (Phi) is 5.75. The number of hydrogen-bond acceptors (Lipinski definition) is 0. The van der Waals surface area contributed by atoms with Crippen molar-refractivity contribution in [3.8, 4) is 39.1 Å². The summed E-state index contributed by atoms with van der Waals surface area (Å²) >= 11 is 0. The van der Waals surface area contributed by atoms with Crippen LogP contribution in [0.1, 0.15) is 5.56 Å². The fraction of sp³-hybridized carbons (Fsp3) is 0.0244. The summed E-state index contributed by atoms with van der Waals surface area (Å²) < 4.78 is 2.39. The van der Waals surface area contributed by atoms with Crippen LogP contribution >= 0.6 is 0 Å². The Bertz CT molecular complexity index is 2210. The lowest BCUT2D eigenvalue weighted by atomic mass is 9.96. The summed E-state index contributed by atoms with van der Waals surface area (Å²) in [5.74, 6) is 0. The molecular formula is C41H29N. The summed E-state index contributed by atoms with van der Waals surface area (Å²) in [6.45, 7) is 2.13. The fourth-order valence-electron chi connectivity index (χ4n) is 6.30. The van der Waals surface area contributed by atoms with Gasteiger partial charge in [-0.25, -0.2) is 0 Å². The van der Waals surface area contributed by atoms with Crippen LogP contribution in [0.5, 0.6) is 0 Å². The number of para-hydroxylation sites is 1. The average Bonchev–Trinajstić information content (AvgIpc) is 3.38. The molecule has 0 amide bonds. The largest absolute Gasteiger partial charge is 0.309 e. The van der Waals surface area contributed by atoms with Crippen LogP contribution in [0.15, 0.2) is 158 Å². The number of hydrogen-bond donors (Lipinski definition) is 0. The number of rotatable bonds is 4. The maximum atomic E-state index is 2.39. The van der Waals surface area contributed by atoms with Gasteiger partial charge in [0.05, 0.1) is 11.0 Å². The molecule has 42 heavy (non-hydrogen) atoms. The lowest BCUT2D eigenvalue weighted by molar-refractivity contribution is 1.18. The predicted octanol–water partition coefficient (Wildman–Crippen LogP) is 11.2. The summed E-state index contributed by atoms with van der Waals surface area (Å²) in [6, 6.07) is 57.4. The van der Waals surface area contributed by atoms with Gasteiger partial charge in [0.1, 0.15) is 0 Å². The van der Waals surface area contributed by atoms with Gasteiger partial charge in [0.2, 0.25) is 0 Å². The molecule has 1 heteroatoms. The molecule has 8 rings (SSSR count). The molecule has 1 heterocycles. The molecule has 0 N–H and O–H groups in total. The van der Waals surface area contributed by atoms with Crippen LogP contribution in [0, 0.1) is 6.92 Å². The minimum absolute atomic E-state index is 1.17. The summed E-state index contributed by atoms with van der Waals surface area (Å²) in [7, 11) is 0. The molecule has 0 spiro atoms. The Labute approximate surface area is 245 Å². The quantitative estimate of drug-likeness (QED) is 0.211. The Balaban J connectivity index is 1.31. The maximum absolute atomic E-state index is 2.39. The van der Waals surface area contributed by atoms with Crippen LogP contribution in [0.2, 0.25) is 0 Å². The third-order valence-electron chi connectivity index (χ3n) is 8.48. The molecular weight excluding hydrogens is 506 g/mol. The first kappa shape index (κ1) is 24.4. The first-order chi connectivity index (χ1) is 20.7. The zero-order valence-electron chi connectivity index (χ0n) is 23.5. The van der Waals surface area contributed by atoms with E-state index in [4.69, 9.17) is 0 Å².